The summed E-state index contributed by atoms with van der Waals surface area (Å²) in [6.07, 6.45) is 7.44. The van der Waals surface area contributed by atoms with Crippen LogP contribution in [0.5, 0.6) is 0 Å². The first-order valence-electron chi connectivity index (χ1n) is 10.9. The van der Waals surface area contributed by atoms with E-state index in [0.29, 0.717) is 5.82 Å². The molecule has 1 aromatic heterocycles. The minimum Gasteiger partial charge on any atom is -0.311 e. The highest BCUT2D eigenvalue weighted by molar-refractivity contribution is 5.78. The SMILES string of the molecule is C(=C\c1ncccn1)/c1ccc(-c2ccc(N(c3ccccc3)c3ccccc3)cc2)cc1. The number of para-hydroxylation sites is 2. The molecule has 0 unspecified atom stereocenters. The number of nitrogens with zero attached hydrogens (tertiary/aromatic N) is 3. The minimum atomic E-state index is 0.707. The molecule has 0 aliphatic heterocycles. The van der Waals surface area contributed by atoms with Crippen molar-refractivity contribution in [1.29, 1.82) is 0 Å². The van der Waals surface area contributed by atoms with Gasteiger partial charge in [-0.1, -0.05) is 78.9 Å². The molecule has 158 valence electrons. The molecule has 4 aromatic carbocycles. The number of benzene rings is 4. The summed E-state index contributed by atoms with van der Waals surface area (Å²) in [7, 11) is 0. The highest BCUT2D eigenvalue weighted by atomic mass is 15.1. The predicted molar refractivity (Wildman–Crippen MR) is 138 cm³/mol. The van der Waals surface area contributed by atoms with Crippen molar-refractivity contribution in [2.75, 3.05) is 4.90 Å². The molecule has 3 heteroatoms. The molecule has 0 fully saturated rings. The van der Waals surface area contributed by atoms with Gasteiger partial charge in [-0.2, -0.15) is 0 Å². The van der Waals surface area contributed by atoms with E-state index in [1.165, 1.54) is 11.1 Å². The highest BCUT2D eigenvalue weighted by Gasteiger charge is 2.11. The van der Waals surface area contributed by atoms with E-state index in [4.69, 9.17) is 0 Å². The van der Waals surface area contributed by atoms with E-state index >= 15 is 0 Å². The molecule has 5 aromatic rings. The van der Waals surface area contributed by atoms with Gasteiger partial charge in [0.25, 0.3) is 0 Å². The van der Waals surface area contributed by atoms with Crippen molar-refractivity contribution in [1.82, 2.24) is 9.97 Å². The van der Waals surface area contributed by atoms with Gasteiger partial charge < -0.3 is 4.90 Å². The van der Waals surface area contributed by atoms with Crippen molar-refractivity contribution in [3.63, 3.8) is 0 Å². The van der Waals surface area contributed by atoms with E-state index in [9.17, 15) is 0 Å². The molecule has 33 heavy (non-hydrogen) atoms. The van der Waals surface area contributed by atoms with Crippen molar-refractivity contribution in [2.45, 2.75) is 0 Å². The van der Waals surface area contributed by atoms with E-state index in [0.717, 1.165) is 22.6 Å². The second-order valence-electron chi connectivity index (χ2n) is 7.62. The lowest BCUT2D eigenvalue weighted by Crippen LogP contribution is -2.09. The van der Waals surface area contributed by atoms with Crippen LogP contribution in [0, 0.1) is 0 Å². The van der Waals surface area contributed by atoms with Crippen molar-refractivity contribution >= 4 is 29.2 Å². The Morgan fingerprint density at radius 1 is 0.455 bits per heavy atom. The van der Waals surface area contributed by atoms with Gasteiger partial charge in [0.1, 0.15) is 0 Å². The molecule has 1 heterocycles. The van der Waals surface area contributed by atoms with Crippen LogP contribution in [-0.2, 0) is 0 Å². The van der Waals surface area contributed by atoms with E-state index in [-0.39, 0.29) is 0 Å². The van der Waals surface area contributed by atoms with Crippen LogP contribution >= 0.6 is 0 Å². The van der Waals surface area contributed by atoms with E-state index in [1.807, 2.05) is 30.4 Å². The topological polar surface area (TPSA) is 29.0 Å². The number of aromatic nitrogens is 2. The maximum atomic E-state index is 4.22. The van der Waals surface area contributed by atoms with Gasteiger partial charge in [-0.25, -0.2) is 9.97 Å². The third-order valence-electron chi connectivity index (χ3n) is 5.41. The van der Waals surface area contributed by atoms with E-state index in [2.05, 4.69) is 112 Å². The van der Waals surface area contributed by atoms with Gasteiger partial charge in [-0.15, -0.1) is 0 Å². The van der Waals surface area contributed by atoms with Gasteiger partial charge in [0.05, 0.1) is 0 Å². The van der Waals surface area contributed by atoms with Gasteiger partial charge in [-0.05, 0) is 65.2 Å². The zero-order valence-corrected chi connectivity index (χ0v) is 18.1. The summed E-state index contributed by atoms with van der Waals surface area (Å²) < 4.78 is 0. The van der Waals surface area contributed by atoms with Gasteiger partial charge in [0, 0.05) is 29.5 Å². The van der Waals surface area contributed by atoms with Gasteiger partial charge in [0.2, 0.25) is 0 Å². The zero-order chi connectivity index (χ0) is 22.3. The lowest BCUT2D eigenvalue weighted by Gasteiger charge is -2.25. The number of hydrogen-bond donors (Lipinski definition) is 0. The molecular weight excluding hydrogens is 402 g/mol. The Morgan fingerprint density at radius 3 is 1.48 bits per heavy atom. The van der Waals surface area contributed by atoms with E-state index < -0.39 is 0 Å². The Balaban J connectivity index is 1.39. The van der Waals surface area contributed by atoms with Gasteiger partial charge >= 0.3 is 0 Å². The van der Waals surface area contributed by atoms with Crippen LogP contribution in [0.1, 0.15) is 11.4 Å². The third kappa shape index (κ3) is 4.89. The van der Waals surface area contributed by atoms with Crippen LogP contribution in [0.2, 0.25) is 0 Å². The van der Waals surface area contributed by atoms with Crippen LogP contribution in [0.3, 0.4) is 0 Å². The van der Waals surface area contributed by atoms with Gasteiger partial charge in [-0.3, -0.25) is 0 Å². The fourth-order valence-corrected chi connectivity index (χ4v) is 3.76. The molecule has 0 aliphatic carbocycles. The quantitative estimate of drug-likeness (QED) is 0.278. The number of anilines is 3. The van der Waals surface area contributed by atoms with Crippen molar-refractivity contribution in [3.8, 4) is 11.1 Å². The summed E-state index contributed by atoms with van der Waals surface area (Å²) >= 11 is 0. The molecule has 0 amide bonds. The fourth-order valence-electron chi connectivity index (χ4n) is 3.76. The van der Waals surface area contributed by atoms with Crippen molar-refractivity contribution < 1.29 is 0 Å². The Morgan fingerprint density at radius 2 is 0.939 bits per heavy atom. The monoisotopic (exact) mass is 425 g/mol. The summed E-state index contributed by atoms with van der Waals surface area (Å²) in [6.45, 7) is 0. The van der Waals surface area contributed by atoms with Gasteiger partial charge in [0.15, 0.2) is 5.82 Å². The molecule has 0 N–H and O–H groups in total. The van der Waals surface area contributed by atoms with Crippen LogP contribution in [0.25, 0.3) is 23.3 Å². The standard InChI is InChI=1S/C30H23N3/c1-3-8-27(9-4-1)33(28-10-5-2-6-11-28)29-19-17-26(18-20-29)25-15-12-24(13-16-25)14-21-30-31-22-7-23-32-30/h1-23H/b21-14+. The minimum absolute atomic E-state index is 0.707. The largest absolute Gasteiger partial charge is 0.311 e. The number of hydrogen-bond acceptors (Lipinski definition) is 3. The predicted octanol–water partition coefficient (Wildman–Crippen LogP) is 7.78. The third-order valence-corrected chi connectivity index (χ3v) is 5.41. The summed E-state index contributed by atoms with van der Waals surface area (Å²) in [4.78, 5) is 10.7. The molecule has 5 rings (SSSR count). The van der Waals surface area contributed by atoms with Crippen molar-refractivity contribution in [3.05, 3.63) is 139 Å². The van der Waals surface area contributed by atoms with E-state index in [1.54, 1.807) is 12.4 Å². The Hall–Kier alpha value is -4.50. The summed E-state index contributed by atoms with van der Waals surface area (Å²) in [5.41, 5.74) is 6.87. The average Bonchev–Trinajstić information content (AvgIpc) is 2.90. The van der Waals surface area contributed by atoms with Crippen LogP contribution in [-0.4, -0.2) is 9.97 Å². The average molecular weight is 426 g/mol. The first kappa shape index (κ1) is 20.4. The maximum absolute atomic E-state index is 4.22. The number of rotatable bonds is 6. The zero-order valence-electron chi connectivity index (χ0n) is 18.1. The highest BCUT2D eigenvalue weighted by Crippen LogP contribution is 2.35. The summed E-state index contributed by atoms with van der Waals surface area (Å²) in [5, 5.41) is 0. The lowest BCUT2D eigenvalue weighted by molar-refractivity contribution is 1.14. The molecule has 0 radical (unpaired) electrons. The Kier molecular flexibility index (Phi) is 6.03. The van der Waals surface area contributed by atoms with Crippen molar-refractivity contribution in [2.24, 2.45) is 0 Å². The van der Waals surface area contributed by atoms with Crippen LogP contribution < -0.4 is 4.90 Å². The first-order chi connectivity index (χ1) is 16.4. The first-order valence-corrected chi connectivity index (χ1v) is 10.9. The molecule has 3 nitrogen and oxygen atoms in total. The molecule has 0 saturated heterocycles. The summed E-state index contributed by atoms with van der Waals surface area (Å²) in [6, 6.07) is 39.9. The Labute approximate surface area is 194 Å². The Bertz CT molecular complexity index is 1270. The lowest BCUT2D eigenvalue weighted by atomic mass is 10.0. The smallest absolute Gasteiger partial charge is 0.151 e. The summed E-state index contributed by atoms with van der Waals surface area (Å²) in [5.74, 6) is 0.707. The molecule has 0 aliphatic rings. The maximum Gasteiger partial charge on any atom is 0.151 e. The second-order valence-corrected chi connectivity index (χ2v) is 7.62. The molecule has 0 saturated carbocycles. The molecular formula is C30H23N3. The molecule has 0 bridgehead atoms. The molecule has 0 atom stereocenters. The fraction of sp³-hybridized carbons (Fsp3) is 0. The van der Waals surface area contributed by atoms with Crippen LogP contribution in [0.15, 0.2) is 128 Å². The second kappa shape index (κ2) is 9.75. The van der Waals surface area contributed by atoms with Crippen LogP contribution in [0.4, 0.5) is 17.1 Å². The normalized spacial score (nSPS) is 10.9. The molecule has 0 spiro atoms.